The highest BCUT2D eigenvalue weighted by molar-refractivity contribution is 5.85. The Labute approximate surface area is 159 Å². The van der Waals surface area contributed by atoms with Crippen LogP contribution in [0, 0.1) is 5.92 Å². The van der Waals surface area contributed by atoms with E-state index in [1.165, 1.54) is 0 Å². The van der Waals surface area contributed by atoms with Gasteiger partial charge in [0.2, 0.25) is 5.88 Å². The molecular formula is C17H23Cl2N3O3. The predicted molar refractivity (Wildman–Crippen MR) is 102 cm³/mol. The Bertz CT molecular complexity index is 612. The first-order chi connectivity index (χ1) is 11.2. The monoisotopic (exact) mass is 387 g/mol. The second-order valence-electron chi connectivity index (χ2n) is 5.18. The SMILES string of the molecule is CC(CN)CNC(=O)COc1ccc(Oc2ccccn2)cc1.Cl.Cl. The van der Waals surface area contributed by atoms with Crippen LogP contribution >= 0.6 is 24.8 Å². The molecule has 0 aliphatic heterocycles. The van der Waals surface area contributed by atoms with Gasteiger partial charge in [0, 0.05) is 18.8 Å². The highest BCUT2D eigenvalue weighted by atomic mass is 35.5. The average Bonchev–Trinajstić information content (AvgIpc) is 2.60. The number of nitrogens with one attached hydrogen (secondary N) is 1. The molecule has 1 heterocycles. The van der Waals surface area contributed by atoms with E-state index >= 15 is 0 Å². The third-order valence-electron chi connectivity index (χ3n) is 3.10. The van der Waals surface area contributed by atoms with Crippen molar-refractivity contribution in [3.8, 4) is 17.4 Å². The van der Waals surface area contributed by atoms with Crippen molar-refractivity contribution in [1.29, 1.82) is 0 Å². The molecule has 1 unspecified atom stereocenters. The maximum absolute atomic E-state index is 11.6. The van der Waals surface area contributed by atoms with Crippen molar-refractivity contribution < 1.29 is 14.3 Å². The van der Waals surface area contributed by atoms with Crippen LogP contribution in [0.2, 0.25) is 0 Å². The van der Waals surface area contributed by atoms with Crippen LogP contribution in [0.1, 0.15) is 6.92 Å². The number of carbonyl (C=O) groups is 1. The number of ether oxygens (including phenoxy) is 2. The van der Waals surface area contributed by atoms with Gasteiger partial charge in [-0.3, -0.25) is 4.79 Å². The zero-order valence-corrected chi connectivity index (χ0v) is 15.5. The molecule has 3 N–H and O–H groups in total. The minimum absolute atomic E-state index is 0. The number of carbonyl (C=O) groups excluding carboxylic acids is 1. The van der Waals surface area contributed by atoms with Gasteiger partial charge in [0.05, 0.1) is 0 Å². The van der Waals surface area contributed by atoms with Crippen LogP contribution in [0.3, 0.4) is 0 Å². The van der Waals surface area contributed by atoms with Gasteiger partial charge in [0.1, 0.15) is 11.5 Å². The molecule has 8 heteroatoms. The molecule has 6 nitrogen and oxygen atoms in total. The summed E-state index contributed by atoms with van der Waals surface area (Å²) in [5, 5.41) is 2.77. The van der Waals surface area contributed by atoms with Crippen molar-refractivity contribution in [2.75, 3.05) is 19.7 Å². The number of nitrogens with zero attached hydrogens (tertiary/aromatic N) is 1. The molecule has 2 rings (SSSR count). The van der Waals surface area contributed by atoms with Crippen molar-refractivity contribution >= 4 is 30.7 Å². The summed E-state index contributed by atoms with van der Waals surface area (Å²) >= 11 is 0. The number of halogens is 2. The lowest BCUT2D eigenvalue weighted by molar-refractivity contribution is -0.123. The normalized spacial score (nSPS) is 10.6. The quantitative estimate of drug-likeness (QED) is 0.726. The van der Waals surface area contributed by atoms with Gasteiger partial charge in [-0.05, 0) is 42.8 Å². The molecule has 0 spiro atoms. The molecule has 1 amide bonds. The van der Waals surface area contributed by atoms with E-state index < -0.39 is 0 Å². The van der Waals surface area contributed by atoms with E-state index in [1.807, 2.05) is 19.1 Å². The van der Waals surface area contributed by atoms with Gasteiger partial charge in [0.25, 0.3) is 5.91 Å². The van der Waals surface area contributed by atoms with Gasteiger partial charge >= 0.3 is 0 Å². The largest absolute Gasteiger partial charge is 0.484 e. The van der Waals surface area contributed by atoms with Crippen LogP contribution in [-0.2, 0) is 4.79 Å². The first-order valence-corrected chi connectivity index (χ1v) is 7.46. The Morgan fingerprint density at radius 1 is 1.16 bits per heavy atom. The van der Waals surface area contributed by atoms with E-state index in [-0.39, 0.29) is 43.2 Å². The summed E-state index contributed by atoms with van der Waals surface area (Å²) in [4.78, 5) is 15.7. The molecule has 0 fully saturated rings. The highest BCUT2D eigenvalue weighted by Gasteiger charge is 2.05. The van der Waals surface area contributed by atoms with Gasteiger partial charge in [0.15, 0.2) is 6.61 Å². The van der Waals surface area contributed by atoms with Crippen molar-refractivity contribution in [2.24, 2.45) is 11.7 Å². The molecule has 25 heavy (non-hydrogen) atoms. The minimum Gasteiger partial charge on any atom is -0.484 e. The predicted octanol–water partition coefficient (Wildman–Crippen LogP) is 2.81. The zero-order valence-electron chi connectivity index (χ0n) is 13.9. The van der Waals surface area contributed by atoms with Crippen LogP contribution in [0.25, 0.3) is 0 Å². The lowest BCUT2D eigenvalue weighted by Gasteiger charge is -2.11. The van der Waals surface area contributed by atoms with Crippen molar-refractivity contribution in [1.82, 2.24) is 10.3 Å². The third-order valence-corrected chi connectivity index (χ3v) is 3.10. The number of hydrogen-bond donors (Lipinski definition) is 2. The Balaban J connectivity index is 0.00000288. The van der Waals surface area contributed by atoms with Gasteiger partial charge in [-0.15, -0.1) is 24.8 Å². The van der Waals surface area contributed by atoms with Crippen LogP contribution < -0.4 is 20.5 Å². The number of hydrogen-bond acceptors (Lipinski definition) is 5. The molecule has 1 aromatic carbocycles. The first kappa shape index (κ1) is 23.0. The van der Waals surface area contributed by atoms with E-state index in [4.69, 9.17) is 15.2 Å². The average molecular weight is 388 g/mol. The number of aromatic nitrogens is 1. The Morgan fingerprint density at radius 2 is 1.84 bits per heavy atom. The fourth-order valence-corrected chi connectivity index (χ4v) is 1.70. The van der Waals surface area contributed by atoms with E-state index in [0.29, 0.717) is 30.5 Å². The molecule has 0 saturated heterocycles. The molecular weight excluding hydrogens is 365 g/mol. The Kier molecular flexibility index (Phi) is 11.4. The van der Waals surface area contributed by atoms with E-state index in [2.05, 4.69) is 10.3 Å². The summed E-state index contributed by atoms with van der Waals surface area (Å²) in [6, 6.07) is 12.5. The fourth-order valence-electron chi connectivity index (χ4n) is 1.70. The summed E-state index contributed by atoms with van der Waals surface area (Å²) in [7, 11) is 0. The summed E-state index contributed by atoms with van der Waals surface area (Å²) < 4.78 is 11.0. The third kappa shape index (κ3) is 8.58. The summed E-state index contributed by atoms with van der Waals surface area (Å²) in [5.41, 5.74) is 5.49. The van der Waals surface area contributed by atoms with Crippen LogP contribution in [0.4, 0.5) is 0 Å². The first-order valence-electron chi connectivity index (χ1n) is 7.46. The molecule has 138 valence electrons. The highest BCUT2D eigenvalue weighted by Crippen LogP contribution is 2.22. The van der Waals surface area contributed by atoms with Crippen LogP contribution in [0.15, 0.2) is 48.7 Å². The molecule has 0 aliphatic rings. The van der Waals surface area contributed by atoms with Gasteiger partial charge in [-0.25, -0.2) is 4.98 Å². The van der Waals surface area contributed by atoms with Crippen molar-refractivity contribution in [3.63, 3.8) is 0 Å². The number of amides is 1. The number of benzene rings is 1. The maximum atomic E-state index is 11.6. The molecule has 2 aromatic rings. The fraction of sp³-hybridized carbons (Fsp3) is 0.294. The summed E-state index contributed by atoms with van der Waals surface area (Å²) in [6.07, 6.45) is 1.66. The number of pyridine rings is 1. The Morgan fingerprint density at radius 3 is 2.44 bits per heavy atom. The second-order valence-corrected chi connectivity index (χ2v) is 5.18. The second kappa shape index (κ2) is 12.4. The van der Waals surface area contributed by atoms with Gasteiger partial charge in [-0.1, -0.05) is 13.0 Å². The van der Waals surface area contributed by atoms with Crippen molar-refractivity contribution in [2.45, 2.75) is 6.92 Å². The number of nitrogens with two attached hydrogens (primary N) is 1. The standard InChI is InChI=1S/C17H21N3O3.2ClH/c1-13(10-18)11-20-16(21)12-22-14-5-7-15(8-6-14)23-17-4-2-3-9-19-17;;/h2-9,13H,10-12,18H2,1H3,(H,20,21);2*1H. The zero-order chi connectivity index (χ0) is 16.5. The molecule has 1 atom stereocenters. The summed E-state index contributed by atoms with van der Waals surface area (Å²) in [5.74, 6) is 1.85. The Hall–Kier alpha value is -2.02. The maximum Gasteiger partial charge on any atom is 0.257 e. The van der Waals surface area contributed by atoms with E-state index in [0.717, 1.165) is 0 Å². The molecule has 0 saturated carbocycles. The lowest BCUT2D eigenvalue weighted by atomic mass is 10.2. The summed E-state index contributed by atoms with van der Waals surface area (Å²) in [6.45, 7) is 3.04. The molecule has 0 aliphatic carbocycles. The smallest absolute Gasteiger partial charge is 0.257 e. The van der Waals surface area contributed by atoms with Crippen molar-refractivity contribution in [3.05, 3.63) is 48.7 Å². The molecule has 0 bridgehead atoms. The topological polar surface area (TPSA) is 86.5 Å². The van der Waals surface area contributed by atoms with Crippen LogP contribution in [-0.4, -0.2) is 30.6 Å². The minimum atomic E-state index is -0.167. The van der Waals surface area contributed by atoms with Crippen LogP contribution in [0.5, 0.6) is 17.4 Å². The molecule has 1 aromatic heterocycles. The lowest BCUT2D eigenvalue weighted by Crippen LogP contribution is -2.34. The van der Waals surface area contributed by atoms with Gasteiger partial charge in [-0.2, -0.15) is 0 Å². The molecule has 0 radical (unpaired) electrons. The van der Waals surface area contributed by atoms with Gasteiger partial charge < -0.3 is 20.5 Å². The van der Waals surface area contributed by atoms with E-state index in [1.54, 1.807) is 36.5 Å². The number of rotatable bonds is 8. The van der Waals surface area contributed by atoms with E-state index in [9.17, 15) is 4.79 Å².